The standard InChI is InChI=1S/C17H20N4O4/c22-15(18-9-8-14-19-17(24)25-20-14)13-7-4-10-21(11-13)16(23)12-5-2-1-3-6-12/h1-3,5-6,13H,4,7-11H2,(H,18,22)(H,19,20,24)/t13-/m1/s1. The molecule has 25 heavy (non-hydrogen) atoms. The van der Waals surface area contributed by atoms with Crippen LogP contribution in [0, 0.1) is 5.92 Å². The summed E-state index contributed by atoms with van der Waals surface area (Å²) >= 11 is 0. The number of nitrogens with zero attached hydrogens (tertiary/aromatic N) is 2. The fourth-order valence-corrected chi connectivity index (χ4v) is 2.96. The van der Waals surface area contributed by atoms with Crippen molar-refractivity contribution < 1.29 is 14.1 Å². The molecule has 3 rings (SSSR count). The van der Waals surface area contributed by atoms with E-state index in [9.17, 15) is 14.4 Å². The van der Waals surface area contributed by atoms with E-state index in [1.165, 1.54) is 0 Å². The summed E-state index contributed by atoms with van der Waals surface area (Å²) in [5.41, 5.74) is 0.638. The lowest BCUT2D eigenvalue weighted by atomic mass is 9.96. The highest BCUT2D eigenvalue weighted by atomic mass is 16.5. The number of aromatic amines is 1. The van der Waals surface area contributed by atoms with Crippen molar-refractivity contribution in [2.75, 3.05) is 19.6 Å². The lowest BCUT2D eigenvalue weighted by molar-refractivity contribution is -0.126. The molecule has 1 fully saturated rings. The molecule has 1 aliphatic heterocycles. The number of nitrogens with one attached hydrogen (secondary N) is 2. The van der Waals surface area contributed by atoms with Crippen molar-refractivity contribution in [1.82, 2.24) is 20.4 Å². The SMILES string of the molecule is O=C(NCCc1noc(=O)[nH]1)[C@@H]1CCCN(C(=O)c2ccccc2)C1. The van der Waals surface area contributed by atoms with Crippen molar-refractivity contribution in [2.45, 2.75) is 19.3 Å². The maximum atomic E-state index is 12.5. The summed E-state index contributed by atoms with van der Waals surface area (Å²) < 4.78 is 4.40. The zero-order valence-electron chi connectivity index (χ0n) is 13.7. The second kappa shape index (κ2) is 7.78. The number of benzene rings is 1. The molecule has 0 aliphatic carbocycles. The van der Waals surface area contributed by atoms with Crippen LogP contribution >= 0.6 is 0 Å². The van der Waals surface area contributed by atoms with Crippen LogP contribution in [-0.2, 0) is 11.2 Å². The summed E-state index contributed by atoms with van der Waals surface area (Å²) in [6.07, 6.45) is 1.94. The number of likely N-dealkylation sites (tertiary alicyclic amines) is 1. The van der Waals surface area contributed by atoms with Crippen LogP contribution in [0.5, 0.6) is 0 Å². The molecule has 0 bridgehead atoms. The van der Waals surface area contributed by atoms with Crippen LogP contribution in [0.4, 0.5) is 0 Å². The molecule has 8 heteroatoms. The molecule has 2 N–H and O–H groups in total. The molecule has 1 atom stereocenters. The first-order valence-corrected chi connectivity index (χ1v) is 8.30. The molecular formula is C17H20N4O4. The monoisotopic (exact) mass is 344 g/mol. The lowest BCUT2D eigenvalue weighted by Crippen LogP contribution is -2.45. The van der Waals surface area contributed by atoms with Crippen molar-refractivity contribution in [1.29, 1.82) is 0 Å². The molecule has 2 heterocycles. The highest BCUT2D eigenvalue weighted by Gasteiger charge is 2.28. The molecule has 1 aromatic carbocycles. The molecule has 1 aliphatic rings. The Morgan fingerprint density at radius 1 is 1.32 bits per heavy atom. The predicted octanol–water partition coefficient (Wildman–Crippen LogP) is 0.574. The molecule has 0 saturated carbocycles. The van der Waals surface area contributed by atoms with Gasteiger partial charge in [-0.1, -0.05) is 23.4 Å². The largest absolute Gasteiger partial charge is 0.438 e. The summed E-state index contributed by atoms with van der Waals surface area (Å²) in [5.74, 6) is -0.564. The Morgan fingerprint density at radius 2 is 2.12 bits per heavy atom. The molecule has 2 aromatic rings. The minimum Gasteiger partial charge on any atom is -0.355 e. The van der Waals surface area contributed by atoms with Gasteiger partial charge in [0.05, 0.1) is 5.92 Å². The maximum absolute atomic E-state index is 12.5. The van der Waals surface area contributed by atoms with E-state index < -0.39 is 5.76 Å². The van der Waals surface area contributed by atoms with Gasteiger partial charge in [-0.05, 0) is 25.0 Å². The quantitative estimate of drug-likeness (QED) is 0.824. The van der Waals surface area contributed by atoms with Crippen molar-refractivity contribution in [2.24, 2.45) is 5.92 Å². The van der Waals surface area contributed by atoms with Gasteiger partial charge in [0.1, 0.15) is 0 Å². The summed E-state index contributed by atoms with van der Waals surface area (Å²) in [6, 6.07) is 9.09. The Labute approximate surface area is 144 Å². The van der Waals surface area contributed by atoms with Gasteiger partial charge in [0.2, 0.25) is 5.91 Å². The molecule has 0 spiro atoms. The van der Waals surface area contributed by atoms with Gasteiger partial charge in [0, 0.05) is 31.6 Å². The van der Waals surface area contributed by atoms with E-state index in [4.69, 9.17) is 0 Å². The van der Waals surface area contributed by atoms with E-state index >= 15 is 0 Å². The second-order valence-corrected chi connectivity index (χ2v) is 6.04. The molecule has 132 valence electrons. The van der Waals surface area contributed by atoms with Gasteiger partial charge in [-0.15, -0.1) is 0 Å². The van der Waals surface area contributed by atoms with E-state index in [1.807, 2.05) is 18.2 Å². The van der Waals surface area contributed by atoms with E-state index in [0.717, 1.165) is 12.8 Å². The van der Waals surface area contributed by atoms with Crippen LogP contribution in [-0.4, -0.2) is 46.5 Å². The summed E-state index contributed by atoms with van der Waals surface area (Å²) in [6.45, 7) is 1.43. The Kier molecular flexibility index (Phi) is 5.27. The smallest absolute Gasteiger partial charge is 0.355 e. The van der Waals surface area contributed by atoms with Crippen LogP contribution in [0.2, 0.25) is 0 Å². The molecule has 1 saturated heterocycles. The van der Waals surface area contributed by atoms with Gasteiger partial charge in [-0.25, -0.2) is 4.79 Å². The molecular weight excluding hydrogens is 324 g/mol. The number of hydrogen-bond donors (Lipinski definition) is 2. The number of rotatable bonds is 5. The minimum atomic E-state index is -0.608. The molecule has 1 aromatic heterocycles. The molecule has 0 unspecified atom stereocenters. The predicted molar refractivity (Wildman–Crippen MR) is 88.9 cm³/mol. The van der Waals surface area contributed by atoms with Crippen molar-refractivity contribution in [3.63, 3.8) is 0 Å². The van der Waals surface area contributed by atoms with Gasteiger partial charge in [0.15, 0.2) is 5.82 Å². The second-order valence-electron chi connectivity index (χ2n) is 6.04. The molecule has 8 nitrogen and oxygen atoms in total. The van der Waals surface area contributed by atoms with Gasteiger partial charge >= 0.3 is 5.76 Å². The van der Waals surface area contributed by atoms with E-state index in [-0.39, 0.29) is 17.7 Å². The number of aromatic nitrogens is 2. The first-order chi connectivity index (χ1) is 12.1. The average molecular weight is 344 g/mol. The highest BCUT2D eigenvalue weighted by molar-refractivity contribution is 5.94. The van der Waals surface area contributed by atoms with Gasteiger partial charge < -0.3 is 10.2 Å². The van der Waals surface area contributed by atoms with Crippen molar-refractivity contribution in [3.05, 3.63) is 52.3 Å². The number of carbonyl (C=O) groups is 2. The normalized spacial score (nSPS) is 17.3. The summed E-state index contributed by atoms with van der Waals surface area (Å²) in [7, 11) is 0. The fourth-order valence-electron chi connectivity index (χ4n) is 2.96. The number of carbonyl (C=O) groups excluding carboxylic acids is 2. The van der Waals surface area contributed by atoms with Gasteiger partial charge in [-0.2, -0.15) is 0 Å². The van der Waals surface area contributed by atoms with E-state index in [0.29, 0.717) is 37.4 Å². The van der Waals surface area contributed by atoms with E-state index in [1.54, 1.807) is 17.0 Å². The van der Waals surface area contributed by atoms with Crippen LogP contribution in [0.1, 0.15) is 29.0 Å². The van der Waals surface area contributed by atoms with Crippen molar-refractivity contribution >= 4 is 11.8 Å². The number of H-pyrrole nitrogens is 1. The number of amides is 2. The number of piperidine rings is 1. The zero-order chi connectivity index (χ0) is 17.6. The van der Waals surface area contributed by atoms with Gasteiger partial charge in [-0.3, -0.25) is 19.1 Å². The van der Waals surface area contributed by atoms with Crippen LogP contribution < -0.4 is 11.1 Å². The van der Waals surface area contributed by atoms with E-state index in [2.05, 4.69) is 20.0 Å². The maximum Gasteiger partial charge on any atom is 0.438 e. The Hall–Kier alpha value is -2.90. The minimum absolute atomic E-state index is 0.0433. The van der Waals surface area contributed by atoms with Crippen LogP contribution in [0.3, 0.4) is 0 Å². The first kappa shape index (κ1) is 16.9. The highest BCUT2D eigenvalue weighted by Crippen LogP contribution is 2.18. The van der Waals surface area contributed by atoms with Gasteiger partial charge in [0.25, 0.3) is 5.91 Å². The first-order valence-electron chi connectivity index (χ1n) is 8.30. The van der Waals surface area contributed by atoms with Crippen LogP contribution in [0.15, 0.2) is 39.6 Å². The Morgan fingerprint density at radius 3 is 2.84 bits per heavy atom. The summed E-state index contributed by atoms with van der Waals surface area (Å²) in [5, 5.41) is 6.38. The topological polar surface area (TPSA) is 108 Å². The van der Waals surface area contributed by atoms with Crippen LogP contribution in [0.25, 0.3) is 0 Å². The zero-order valence-corrected chi connectivity index (χ0v) is 13.7. The molecule has 0 radical (unpaired) electrons. The Balaban J connectivity index is 1.51. The van der Waals surface area contributed by atoms with Crippen molar-refractivity contribution in [3.8, 4) is 0 Å². The average Bonchev–Trinajstić information content (AvgIpc) is 3.07. The third-order valence-electron chi connectivity index (χ3n) is 4.25. The third-order valence-corrected chi connectivity index (χ3v) is 4.25. The lowest BCUT2D eigenvalue weighted by Gasteiger charge is -2.32. The number of hydrogen-bond acceptors (Lipinski definition) is 5. The molecule has 2 amide bonds. The summed E-state index contributed by atoms with van der Waals surface area (Å²) in [4.78, 5) is 39.9. The fraction of sp³-hybridized carbons (Fsp3) is 0.412. The third kappa shape index (κ3) is 4.34. The Bertz CT molecular complexity index is 783.